The topological polar surface area (TPSA) is 39.7 Å². The number of aromatic nitrogens is 1. The summed E-state index contributed by atoms with van der Waals surface area (Å²) in [6, 6.07) is 8.83. The summed E-state index contributed by atoms with van der Waals surface area (Å²) in [7, 11) is 2.13. The molecule has 6 heteroatoms. The zero-order valence-corrected chi connectivity index (χ0v) is 16.8. The third kappa shape index (κ3) is 4.39. The molecule has 2 fully saturated rings. The van der Waals surface area contributed by atoms with E-state index in [9.17, 15) is 4.79 Å². The molecular formula is C21H28N4OS. The summed E-state index contributed by atoms with van der Waals surface area (Å²) >= 11 is 1.69. The number of thiophene rings is 1. The Morgan fingerprint density at radius 1 is 1.07 bits per heavy atom. The van der Waals surface area contributed by atoms with Gasteiger partial charge in [-0.05, 0) is 69.2 Å². The normalized spacial score (nSPS) is 22.1. The van der Waals surface area contributed by atoms with Gasteiger partial charge in [0.15, 0.2) is 0 Å². The molecular weight excluding hydrogens is 356 g/mol. The van der Waals surface area contributed by atoms with Crippen molar-refractivity contribution in [2.45, 2.75) is 31.8 Å². The first-order valence-corrected chi connectivity index (χ1v) is 10.7. The van der Waals surface area contributed by atoms with Crippen LogP contribution in [-0.4, -0.2) is 65.4 Å². The summed E-state index contributed by atoms with van der Waals surface area (Å²) in [4.78, 5) is 26.2. The summed E-state index contributed by atoms with van der Waals surface area (Å²) in [5.41, 5.74) is 1.30. The standard InChI is InChI=1S/C21H28N4OS/c1-23-11-3-13-24(15-14-23)21(26)20-6-5-19(27-20)18-4-2-12-25(18)16-17-7-9-22-10-8-17/h5-10,18H,2-4,11-16H2,1H3. The van der Waals surface area contributed by atoms with Gasteiger partial charge in [-0.3, -0.25) is 14.7 Å². The largest absolute Gasteiger partial charge is 0.337 e. The van der Waals surface area contributed by atoms with E-state index >= 15 is 0 Å². The maximum Gasteiger partial charge on any atom is 0.263 e. The van der Waals surface area contributed by atoms with Crippen molar-refractivity contribution in [3.63, 3.8) is 0 Å². The Morgan fingerprint density at radius 3 is 2.78 bits per heavy atom. The zero-order chi connectivity index (χ0) is 18.6. The van der Waals surface area contributed by atoms with Crippen molar-refractivity contribution in [3.8, 4) is 0 Å². The van der Waals surface area contributed by atoms with Crippen molar-refractivity contribution in [2.75, 3.05) is 39.8 Å². The van der Waals surface area contributed by atoms with E-state index in [-0.39, 0.29) is 5.91 Å². The lowest BCUT2D eigenvalue weighted by Gasteiger charge is -2.23. The number of carbonyl (C=O) groups excluding carboxylic acids is 1. The molecule has 27 heavy (non-hydrogen) atoms. The van der Waals surface area contributed by atoms with E-state index in [2.05, 4.69) is 40.0 Å². The van der Waals surface area contributed by atoms with Gasteiger partial charge in [0.1, 0.15) is 0 Å². The Kier molecular flexibility index (Phi) is 5.86. The molecule has 2 aromatic rings. The van der Waals surface area contributed by atoms with Crippen LogP contribution in [0.1, 0.15) is 45.4 Å². The smallest absolute Gasteiger partial charge is 0.263 e. The Hall–Kier alpha value is -1.76. The number of nitrogens with zero attached hydrogens (tertiary/aromatic N) is 4. The van der Waals surface area contributed by atoms with Crippen molar-refractivity contribution >= 4 is 17.2 Å². The molecule has 0 aromatic carbocycles. The fraction of sp³-hybridized carbons (Fsp3) is 0.524. The predicted octanol–water partition coefficient (Wildman–Crippen LogP) is 3.26. The van der Waals surface area contributed by atoms with Gasteiger partial charge in [0.05, 0.1) is 4.88 Å². The number of pyridine rings is 1. The summed E-state index contributed by atoms with van der Waals surface area (Å²) in [5, 5.41) is 0. The zero-order valence-electron chi connectivity index (χ0n) is 16.0. The minimum atomic E-state index is 0.209. The van der Waals surface area contributed by atoms with Crippen LogP contribution < -0.4 is 0 Å². The molecule has 1 amide bonds. The highest BCUT2D eigenvalue weighted by molar-refractivity contribution is 7.14. The Morgan fingerprint density at radius 2 is 1.93 bits per heavy atom. The molecule has 4 rings (SSSR count). The minimum absolute atomic E-state index is 0.209. The third-order valence-corrected chi connectivity index (χ3v) is 6.85. The Balaban J connectivity index is 1.44. The van der Waals surface area contributed by atoms with Gasteiger partial charge in [-0.15, -0.1) is 11.3 Å². The summed E-state index contributed by atoms with van der Waals surface area (Å²) in [5.74, 6) is 0.209. The van der Waals surface area contributed by atoms with Crippen LogP contribution >= 0.6 is 11.3 Å². The second kappa shape index (κ2) is 8.50. The molecule has 2 aliphatic rings. The molecule has 4 heterocycles. The summed E-state index contributed by atoms with van der Waals surface area (Å²) in [6.07, 6.45) is 7.17. The minimum Gasteiger partial charge on any atom is -0.337 e. The van der Waals surface area contributed by atoms with Crippen LogP contribution in [0.15, 0.2) is 36.7 Å². The van der Waals surface area contributed by atoms with Crippen LogP contribution in [0.5, 0.6) is 0 Å². The Labute approximate surface area is 165 Å². The van der Waals surface area contributed by atoms with Crippen LogP contribution in [0.3, 0.4) is 0 Å². The SMILES string of the molecule is CN1CCCN(C(=O)c2ccc(C3CCCN3Cc3ccncc3)s2)CC1. The molecule has 1 atom stereocenters. The van der Waals surface area contributed by atoms with E-state index in [0.29, 0.717) is 6.04 Å². The van der Waals surface area contributed by atoms with Gasteiger partial charge in [-0.1, -0.05) is 0 Å². The first kappa shape index (κ1) is 18.6. The first-order valence-electron chi connectivity index (χ1n) is 9.91. The molecule has 0 bridgehead atoms. The predicted molar refractivity (Wildman–Crippen MR) is 109 cm³/mol. The van der Waals surface area contributed by atoms with Gasteiger partial charge in [0.25, 0.3) is 5.91 Å². The molecule has 1 unspecified atom stereocenters. The molecule has 144 valence electrons. The highest BCUT2D eigenvalue weighted by Crippen LogP contribution is 2.37. The van der Waals surface area contributed by atoms with E-state index in [0.717, 1.165) is 50.6 Å². The van der Waals surface area contributed by atoms with Crippen molar-refractivity contribution < 1.29 is 4.79 Å². The summed E-state index contributed by atoms with van der Waals surface area (Å²) < 4.78 is 0. The van der Waals surface area contributed by atoms with Gasteiger partial charge >= 0.3 is 0 Å². The van der Waals surface area contributed by atoms with E-state index in [1.165, 1.54) is 23.3 Å². The maximum absolute atomic E-state index is 13.0. The average Bonchev–Trinajstić information content (AvgIpc) is 3.29. The quantitative estimate of drug-likeness (QED) is 0.811. The van der Waals surface area contributed by atoms with Crippen molar-refractivity contribution in [1.82, 2.24) is 19.7 Å². The second-order valence-corrected chi connectivity index (χ2v) is 8.75. The van der Waals surface area contributed by atoms with Crippen LogP contribution in [0, 0.1) is 0 Å². The van der Waals surface area contributed by atoms with Crippen LogP contribution in [0.2, 0.25) is 0 Å². The number of amides is 1. The number of likely N-dealkylation sites (N-methyl/N-ethyl adjacent to an activating group) is 1. The molecule has 2 saturated heterocycles. The van der Waals surface area contributed by atoms with Crippen LogP contribution in [-0.2, 0) is 6.54 Å². The van der Waals surface area contributed by atoms with Crippen molar-refractivity contribution in [3.05, 3.63) is 52.0 Å². The summed E-state index contributed by atoms with van der Waals surface area (Å²) in [6.45, 7) is 5.81. The third-order valence-electron chi connectivity index (χ3n) is 5.67. The van der Waals surface area contributed by atoms with Gasteiger partial charge in [0, 0.05) is 49.5 Å². The van der Waals surface area contributed by atoms with E-state index < -0.39 is 0 Å². The fourth-order valence-corrected chi connectivity index (χ4v) is 5.26. The highest BCUT2D eigenvalue weighted by Gasteiger charge is 2.28. The van der Waals surface area contributed by atoms with E-state index in [1.54, 1.807) is 11.3 Å². The van der Waals surface area contributed by atoms with Crippen LogP contribution in [0.25, 0.3) is 0 Å². The number of carbonyl (C=O) groups is 1. The van der Waals surface area contributed by atoms with E-state index in [4.69, 9.17) is 0 Å². The number of likely N-dealkylation sites (tertiary alicyclic amines) is 1. The molecule has 2 aromatic heterocycles. The number of hydrogen-bond acceptors (Lipinski definition) is 5. The van der Waals surface area contributed by atoms with Crippen molar-refractivity contribution in [1.29, 1.82) is 0 Å². The second-order valence-electron chi connectivity index (χ2n) is 7.64. The van der Waals surface area contributed by atoms with Gasteiger partial charge in [-0.2, -0.15) is 0 Å². The lowest BCUT2D eigenvalue weighted by molar-refractivity contribution is 0.0767. The molecule has 0 saturated carbocycles. The average molecular weight is 385 g/mol. The molecule has 0 N–H and O–H groups in total. The lowest BCUT2D eigenvalue weighted by Crippen LogP contribution is -2.34. The van der Waals surface area contributed by atoms with Gasteiger partial charge in [-0.25, -0.2) is 0 Å². The van der Waals surface area contributed by atoms with Crippen molar-refractivity contribution in [2.24, 2.45) is 0 Å². The lowest BCUT2D eigenvalue weighted by atomic mass is 10.1. The number of rotatable bonds is 4. The highest BCUT2D eigenvalue weighted by atomic mass is 32.1. The molecule has 5 nitrogen and oxygen atoms in total. The van der Waals surface area contributed by atoms with Gasteiger partial charge in [0.2, 0.25) is 0 Å². The molecule has 0 aliphatic carbocycles. The molecule has 2 aliphatic heterocycles. The van der Waals surface area contributed by atoms with E-state index in [1.807, 2.05) is 23.4 Å². The molecule has 0 spiro atoms. The number of hydrogen-bond donors (Lipinski definition) is 0. The van der Waals surface area contributed by atoms with Gasteiger partial charge < -0.3 is 9.80 Å². The maximum atomic E-state index is 13.0. The first-order chi connectivity index (χ1) is 13.2. The molecule has 0 radical (unpaired) electrons. The Bertz CT molecular complexity index is 763. The monoisotopic (exact) mass is 384 g/mol. The fourth-order valence-electron chi connectivity index (χ4n) is 4.11. The van der Waals surface area contributed by atoms with Crippen LogP contribution in [0.4, 0.5) is 0 Å².